The quantitative estimate of drug-likeness (QED) is 0.250. The SMILES string of the molecule is CC(C)(C)OC(=O)N1CCOc2ccc(C3=C(c4ccc(O[C@H]5CCN(CCCF)C5)cc4)c4ccc(OF)cc4CCC3)cc21. The number of nitrogens with zero attached hydrogens (tertiary/aromatic N) is 2. The highest BCUT2D eigenvalue weighted by Crippen LogP contribution is 2.44. The van der Waals surface area contributed by atoms with Gasteiger partial charge in [-0.15, -0.1) is 0 Å². The van der Waals surface area contributed by atoms with E-state index in [-0.39, 0.29) is 18.5 Å². The smallest absolute Gasteiger partial charge is 0.415 e. The number of benzene rings is 3. The summed E-state index contributed by atoms with van der Waals surface area (Å²) in [7, 11) is 0. The molecule has 0 bridgehead atoms. The molecule has 0 spiro atoms. The lowest BCUT2D eigenvalue weighted by Gasteiger charge is -2.32. The summed E-state index contributed by atoms with van der Waals surface area (Å²) in [5.41, 5.74) is 6.23. The van der Waals surface area contributed by atoms with Crippen LogP contribution in [-0.4, -0.2) is 62.2 Å². The first-order valence-electron chi connectivity index (χ1n) is 16.2. The van der Waals surface area contributed by atoms with Gasteiger partial charge in [0.05, 0.1) is 18.9 Å². The molecule has 3 aliphatic rings. The van der Waals surface area contributed by atoms with Crippen molar-refractivity contribution in [2.45, 2.75) is 64.6 Å². The fraction of sp³-hybridized carbons (Fsp3) is 0.432. The standard InChI is InChI=1S/C37H42F2N2O5/c1-37(2,3)45-36(42)41-20-21-43-34-15-10-27(23-33(34)41)31-7-4-6-26-22-29(46-39)13-14-32(26)35(31)25-8-11-28(12-9-25)44-30-16-19-40(24-30)18-5-17-38/h8-15,22-23,30H,4-7,16-21,24H2,1-3H3/t30-/m0/s1. The topological polar surface area (TPSA) is 60.5 Å². The van der Waals surface area contributed by atoms with E-state index in [1.807, 2.05) is 57.2 Å². The predicted octanol–water partition coefficient (Wildman–Crippen LogP) is 8.19. The Morgan fingerprint density at radius 1 is 0.978 bits per heavy atom. The summed E-state index contributed by atoms with van der Waals surface area (Å²) >= 11 is 0. The molecule has 1 atom stereocenters. The van der Waals surface area contributed by atoms with E-state index in [1.54, 1.807) is 17.0 Å². The molecule has 0 radical (unpaired) electrons. The van der Waals surface area contributed by atoms with Crippen LogP contribution in [0.2, 0.25) is 0 Å². The largest absolute Gasteiger partial charge is 0.490 e. The number of amides is 1. The first-order valence-corrected chi connectivity index (χ1v) is 16.2. The van der Waals surface area contributed by atoms with E-state index in [2.05, 4.69) is 22.0 Å². The fourth-order valence-corrected chi connectivity index (χ4v) is 6.61. The van der Waals surface area contributed by atoms with E-state index in [0.717, 1.165) is 84.5 Å². The Morgan fingerprint density at radius 2 is 1.76 bits per heavy atom. The molecule has 1 saturated heterocycles. The molecular weight excluding hydrogens is 590 g/mol. The maximum absolute atomic E-state index is 13.2. The zero-order valence-electron chi connectivity index (χ0n) is 26.8. The highest BCUT2D eigenvalue weighted by Gasteiger charge is 2.30. The van der Waals surface area contributed by atoms with Crippen LogP contribution in [0.25, 0.3) is 11.1 Å². The van der Waals surface area contributed by atoms with Crippen molar-refractivity contribution in [3.63, 3.8) is 0 Å². The van der Waals surface area contributed by atoms with Gasteiger partial charge in [-0.3, -0.25) is 19.1 Å². The van der Waals surface area contributed by atoms with E-state index >= 15 is 0 Å². The van der Waals surface area contributed by atoms with Gasteiger partial charge in [-0.05, 0) is 123 Å². The molecule has 1 fully saturated rings. The number of carbonyl (C=O) groups is 1. The van der Waals surface area contributed by atoms with E-state index < -0.39 is 11.7 Å². The van der Waals surface area contributed by atoms with Crippen LogP contribution in [0.4, 0.5) is 19.4 Å². The van der Waals surface area contributed by atoms with Crippen LogP contribution in [-0.2, 0) is 11.2 Å². The molecule has 1 amide bonds. The Morgan fingerprint density at radius 3 is 2.52 bits per heavy atom. The lowest BCUT2D eigenvalue weighted by Crippen LogP contribution is -2.41. The third kappa shape index (κ3) is 7.15. The predicted molar refractivity (Wildman–Crippen MR) is 175 cm³/mol. The van der Waals surface area contributed by atoms with Crippen molar-refractivity contribution in [2.24, 2.45) is 0 Å². The molecule has 244 valence electrons. The van der Waals surface area contributed by atoms with Crippen LogP contribution < -0.4 is 19.3 Å². The first-order chi connectivity index (χ1) is 22.2. The number of hydrogen-bond donors (Lipinski definition) is 0. The second-order valence-electron chi connectivity index (χ2n) is 13.2. The van der Waals surface area contributed by atoms with Gasteiger partial charge in [0.1, 0.15) is 29.8 Å². The van der Waals surface area contributed by atoms with E-state index in [9.17, 15) is 13.7 Å². The van der Waals surface area contributed by atoms with Gasteiger partial charge in [-0.1, -0.05) is 24.3 Å². The van der Waals surface area contributed by atoms with E-state index in [4.69, 9.17) is 14.2 Å². The Bertz CT molecular complexity index is 1580. The normalized spacial score (nSPS) is 18.4. The number of alkyl halides is 1. The molecule has 2 heterocycles. The summed E-state index contributed by atoms with van der Waals surface area (Å²) in [6, 6.07) is 19.5. The van der Waals surface area contributed by atoms with Crippen molar-refractivity contribution in [2.75, 3.05) is 44.4 Å². The number of aryl methyl sites for hydroxylation is 1. The molecule has 0 aromatic heterocycles. The van der Waals surface area contributed by atoms with Crippen LogP contribution in [0.1, 0.15) is 68.7 Å². The molecule has 9 heteroatoms. The van der Waals surface area contributed by atoms with Gasteiger partial charge >= 0.3 is 6.09 Å². The number of carbonyl (C=O) groups excluding carboxylic acids is 1. The second-order valence-corrected chi connectivity index (χ2v) is 13.2. The molecule has 0 unspecified atom stereocenters. The lowest BCUT2D eigenvalue weighted by molar-refractivity contribution is -0.00629. The third-order valence-electron chi connectivity index (χ3n) is 8.68. The van der Waals surface area contributed by atoms with Crippen molar-refractivity contribution in [3.8, 4) is 17.2 Å². The van der Waals surface area contributed by atoms with Gasteiger partial charge in [0.2, 0.25) is 0 Å². The van der Waals surface area contributed by atoms with Gasteiger partial charge in [-0.25, -0.2) is 4.79 Å². The minimum atomic E-state index is -0.627. The molecular formula is C37H42F2N2O5. The summed E-state index contributed by atoms with van der Waals surface area (Å²) in [5, 5.41) is 0. The number of likely N-dealkylation sites (tertiary alicyclic amines) is 1. The van der Waals surface area contributed by atoms with Gasteiger partial charge in [0, 0.05) is 24.2 Å². The third-order valence-corrected chi connectivity index (χ3v) is 8.68. The molecule has 1 aliphatic carbocycles. The Kier molecular flexibility index (Phi) is 9.49. The van der Waals surface area contributed by atoms with Gasteiger partial charge in [0.25, 0.3) is 0 Å². The minimum absolute atomic E-state index is 0.0728. The summed E-state index contributed by atoms with van der Waals surface area (Å²) in [5.74, 6) is 1.61. The van der Waals surface area contributed by atoms with Crippen LogP contribution in [0.3, 0.4) is 0 Å². The molecule has 2 aliphatic heterocycles. The monoisotopic (exact) mass is 632 g/mol. The molecule has 46 heavy (non-hydrogen) atoms. The van der Waals surface area contributed by atoms with Crippen LogP contribution >= 0.6 is 0 Å². The maximum atomic E-state index is 13.2. The highest BCUT2D eigenvalue weighted by atomic mass is 19.3. The molecule has 3 aromatic carbocycles. The molecule has 0 N–H and O–H groups in total. The number of halogens is 2. The molecule has 7 nitrogen and oxygen atoms in total. The Labute approximate surface area is 269 Å². The van der Waals surface area contributed by atoms with Crippen molar-refractivity contribution < 1.29 is 32.9 Å². The summed E-state index contributed by atoms with van der Waals surface area (Å²) in [4.78, 5) is 21.2. The van der Waals surface area contributed by atoms with Crippen molar-refractivity contribution in [1.29, 1.82) is 0 Å². The maximum Gasteiger partial charge on any atom is 0.415 e. The van der Waals surface area contributed by atoms with Gasteiger partial charge in [-0.2, -0.15) is 0 Å². The van der Waals surface area contributed by atoms with Crippen LogP contribution in [0.5, 0.6) is 17.2 Å². The molecule has 0 saturated carbocycles. The van der Waals surface area contributed by atoms with Crippen molar-refractivity contribution in [1.82, 2.24) is 4.90 Å². The van der Waals surface area contributed by atoms with Crippen molar-refractivity contribution in [3.05, 3.63) is 82.9 Å². The van der Waals surface area contributed by atoms with Gasteiger partial charge in [0.15, 0.2) is 5.75 Å². The minimum Gasteiger partial charge on any atom is -0.490 e. The van der Waals surface area contributed by atoms with Crippen LogP contribution in [0, 0.1) is 0 Å². The fourth-order valence-electron chi connectivity index (χ4n) is 6.61. The average Bonchev–Trinajstić information content (AvgIpc) is 3.40. The van der Waals surface area contributed by atoms with Crippen LogP contribution in [0.15, 0.2) is 60.7 Å². The lowest BCUT2D eigenvalue weighted by atomic mass is 9.87. The molecule has 6 rings (SSSR count). The van der Waals surface area contributed by atoms with E-state index in [0.29, 0.717) is 31.0 Å². The number of rotatable bonds is 8. The second kappa shape index (κ2) is 13.7. The molecule has 3 aromatic rings. The zero-order chi connectivity index (χ0) is 32.3. The summed E-state index contributed by atoms with van der Waals surface area (Å²) in [6.07, 6.45) is 3.52. The number of fused-ring (bicyclic) bond motifs is 2. The zero-order valence-corrected chi connectivity index (χ0v) is 26.8. The number of allylic oxidation sites excluding steroid dienone is 1. The first kappa shape index (κ1) is 31.9. The average molecular weight is 633 g/mol. The summed E-state index contributed by atoms with van der Waals surface area (Å²) < 4.78 is 43.8. The van der Waals surface area contributed by atoms with E-state index in [1.165, 1.54) is 0 Å². The number of hydrogen-bond acceptors (Lipinski definition) is 6. The Balaban J connectivity index is 1.37. The number of anilines is 1. The summed E-state index contributed by atoms with van der Waals surface area (Å²) in [6.45, 7) is 8.52. The Hall–Kier alpha value is -4.11. The van der Waals surface area contributed by atoms with Crippen molar-refractivity contribution >= 4 is 22.9 Å². The van der Waals surface area contributed by atoms with Gasteiger partial charge < -0.3 is 14.2 Å². The highest BCUT2D eigenvalue weighted by molar-refractivity contribution is 6.01. The number of ether oxygens (including phenoxy) is 3.